The zero-order valence-electron chi connectivity index (χ0n) is 8.30. The van der Waals surface area contributed by atoms with Crippen molar-refractivity contribution in [3.63, 3.8) is 0 Å². The lowest BCUT2D eigenvalue weighted by Gasteiger charge is -2.29. The van der Waals surface area contributed by atoms with Crippen LogP contribution < -0.4 is 5.73 Å². The fraction of sp³-hybridized carbons (Fsp3) is 1.00. The van der Waals surface area contributed by atoms with Crippen LogP contribution in [0.25, 0.3) is 0 Å². The van der Waals surface area contributed by atoms with E-state index in [2.05, 4.69) is 32.6 Å². The van der Waals surface area contributed by atoms with Gasteiger partial charge in [0.2, 0.25) is 0 Å². The highest BCUT2D eigenvalue weighted by atomic mass is 15.2. The Bertz CT molecular complexity index is 91.6. The molecule has 2 N–H and O–H groups in total. The monoisotopic (exact) mass is 158 g/mol. The van der Waals surface area contributed by atoms with Gasteiger partial charge < -0.3 is 5.73 Å². The summed E-state index contributed by atoms with van der Waals surface area (Å²) < 4.78 is 0. The Hall–Kier alpha value is -0.0800. The van der Waals surface area contributed by atoms with Crippen molar-refractivity contribution in [2.45, 2.75) is 46.2 Å². The molecule has 0 radical (unpaired) electrons. The topological polar surface area (TPSA) is 29.3 Å². The van der Waals surface area contributed by atoms with Gasteiger partial charge in [-0.2, -0.15) is 0 Å². The molecule has 0 spiro atoms. The Balaban J connectivity index is 3.81. The maximum Gasteiger partial charge on any atom is 0.0216 e. The van der Waals surface area contributed by atoms with E-state index in [1.54, 1.807) is 0 Å². The normalized spacial score (nSPS) is 16.9. The number of nitrogens with zero attached hydrogens (tertiary/aromatic N) is 1. The first-order chi connectivity index (χ1) is 5.13. The van der Waals surface area contributed by atoms with Crippen LogP contribution >= 0.6 is 0 Å². The molecule has 0 saturated heterocycles. The van der Waals surface area contributed by atoms with Crippen molar-refractivity contribution >= 4 is 0 Å². The molecule has 2 nitrogen and oxygen atoms in total. The lowest BCUT2D eigenvalue weighted by atomic mass is 10.1. The number of rotatable bonds is 5. The largest absolute Gasteiger partial charge is 0.327 e. The first-order valence-electron chi connectivity index (χ1n) is 4.63. The van der Waals surface area contributed by atoms with Crippen LogP contribution in [0.15, 0.2) is 0 Å². The van der Waals surface area contributed by atoms with E-state index in [1.165, 1.54) is 13.0 Å². The summed E-state index contributed by atoms with van der Waals surface area (Å²) in [6, 6.07) is 0.793. The summed E-state index contributed by atoms with van der Waals surface area (Å²) in [6.07, 6.45) is 1.21. The van der Waals surface area contributed by atoms with Gasteiger partial charge in [-0.25, -0.2) is 0 Å². The first kappa shape index (κ1) is 10.9. The highest BCUT2D eigenvalue weighted by molar-refractivity contribution is 4.73. The third-order valence-electron chi connectivity index (χ3n) is 2.25. The quantitative estimate of drug-likeness (QED) is 0.656. The fourth-order valence-corrected chi connectivity index (χ4v) is 1.27. The Labute approximate surface area is 70.8 Å². The standard InChI is InChI=1S/C9H22N2/c1-5-7-11(6-2)9(4)8(3)10/h8-9H,5-7,10H2,1-4H3. The van der Waals surface area contributed by atoms with E-state index in [9.17, 15) is 0 Å². The number of likely N-dealkylation sites (N-methyl/N-ethyl adjacent to an activating group) is 1. The molecule has 2 unspecified atom stereocenters. The molecule has 0 aliphatic heterocycles. The molecule has 0 aromatic carbocycles. The zero-order valence-corrected chi connectivity index (χ0v) is 8.30. The SMILES string of the molecule is CCCN(CC)C(C)C(C)N. The maximum absolute atomic E-state index is 5.80. The second-order valence-electron chi connectivity index (χ2n) is 3.23. The van der Waals surface area contributed by atoms with E-state index >= 15 is 0 Å². The van der Waals surface area contributed by atoms with E-state index in [1.807, 2.05) is 0 Å². The van der Waals surface area contributed by atoms with Crippen molar-refractivity contribution in [3.8, 4) is 0 Å². The van der Waals surface area contributed by atoms with Crippen LogP contribution in [0.2, 0.25) is 0 Å². The van der Waals surface area contributed by atoms with Crippen LogP contribution in [-0.2, 0) is 0 Å². The van der Waals surface area contributed by atoms with Gasteiger partial charge in [0.05, 0.1) is 0 Å². The molecular weight excluding hydrogens is 136 g/mol. The zero-order chi connectivity index (χ0) is 8.85. The summed E-state index contributed by atoms with van der Waals surface area (Å²) in [5.41, 5.74) is 5.80. The average molecular weight is 158 g/mol. The van der Waals surface area contributed by atoms with Crippen molar-refractivity contribution in [1.82, 2.24) is 4.90 Å². The number of hydrogen-bond acceptors (Lipinski definition) is 2. The lowest BCUT2D eigenvalue weighted by Crippen LogP contribution is -2.44. The van der Waals surface area contributed by atoms with E-state index in [4.69, 9.17) is 5.73 Å². The third kappa shape index (κ3) is 3.73. The van der Waals surface area contributed by atoms with Gasteiger partial charge in [0, 0.05) is 12.1 Å². The minimum absolute atomic E-state index is 0.279. The first-order valence-corrected chi connectivity index (χ1v) is 4.63. The molecule has 0 bridgehead atoms. The van der Waals surface area contributed by atoms with Crippen molar-refractivity contribution in [3.05, 3.63) is 0 Å². The molecule has 0 rings (SSSR count). The van der Waals surface area contributed by atoms with Crippen LogP contribution in [-0.4, -0.2) is 30.1 Å². The highest BCUT2D eigenvalue weighted by Crippen LogP contribution is 2.02. The van der Waals surface area contributed by atoms with Crippen LogP contribution in [0, 0.1) is 0 Å². The van der Waals surface area contributed by atoms with Crippen LogP contribution in [0.3, 0.4) is 0 Å². The van der Waals surface area contributed by atoms with Crippen molar-refractivity contribution < 1.29 is 0 Å². The summed E-state index contributed by atoms with van der Waals surface area (Å²) in [6.45, 7) is 10.9. The molecule has 68 valence electrons. The summed E-state index contributed by atoms with van der Waals surface area (Å²) in [5, 5.41) is 0. The predicted molar refractivity (Wildman–Crippen MR) is 50.6 cm³/mol. The average Bonchev–Trinajstić information content (AvgIpc) is 1.98. The second-order valence-corrected chi connectivity index (χ2v) is 3.23. The van der Waals surface area contributed by atoms with Gasteiger partial charge in [-0.15, -0.1) is 0 Å². The summed E-state index contributed by atoms with van der Waals surface area (Å²) in [5.74, 6) is 0. The molecule has 0 amide bonds. The van der Waals surface area contributed by atoms with Gasteiger partial charge in [0.15, 0.2) is 0 Å². The van der Waals surface area contributed by atoms with Crippen molar-refractivity contribution in [1.29, 1.82) is 0 Å². The Morgan fingerprint density at radius 2 is 1.82 bits per heavy atom. The highest BCUT2D eigenvalue weighted by Gasteiger charge is 2.13. The maximum atomic E-state index is 5.80. The van der Waals surface area contributed by atoms with E-state index in [0.717, 1.165) is 6.54 Å². The van der Waals surface area contributed by atoms with Gasteiger partial charge in [-0.3, -0.25) is 4.90 Å². The molecule has 2 atom stereocenters. The van der Waals surface area contributed by atoms with E-state index < -0.39 is 0 Å². The number of nitrogens with two attached hydrogens (primary N) is 1. The summed E-state index contributed by atoms with van der Waals surface area (Å²) in [7, 11) is 0. The molecule has 0 fully saturated rings. The second kappa shape index (κ2) is 5.56. The van der Waals surface area contributed by atoms with E-state index in [0.29, 0.717) is 6.04 Å². The Kier molecular flexibility index (Phi) is 5.51. The molecule has 0 aliphatic carbocycles. The Morgan fingerprint density at radius 1 is 1.27 bits per heavy atom. The molecular formula is C9H22N2. The minimum atomic E-state index is 0.279. The summed E-state index contributed by atoms with van der Waals surface area (Å²) in [4.78, 5) is 2.42. The third-order valence-corrected chi connectivity index (χ3v) is 2.25. The van der Waals surface area contributed by atoms with Gasteiger partial charge in [0.1, 0.15) is 0 Å². The molecule has 2 heteroatoms. The smallest absolute Gasteiger partial charge is 0.0216 e. The van der Waals surface area contributed by atoms with Crippen LogP contribution in [0.4, 0.5) is 0 Å². The fourth-order valence-electron chi connectivity index (χ4n) is 1.27. The lowest BCUT2D eigenvalue weighted by molar-refractivity contribution is 0.199. The van der Waals surface area contributed by atoms with Gasteiger partial charge >= 0.3 is 0 Å². The van der Waals surface area contributed by atoms with Gasteiger partial charge in [-0.1, -0.05) is 13.8 Å². The van der Waals surface area contributed by atoms with Crippen LogP contribution in [0.1, 0.15) is 34.1 Å². The van der Waals surface area contributed by atoms with Crippen LogP contribution in [0.5, 0.6) is 0 Å². The Morgan fingerprint density at radius 3 is 2.09 bits per heavy atom. The summed E-state index contributed by atoms with van der Waals surface area (Å²) >= 11 is 0. The molecule has 0 aromatic rings. The molecule has 0 heterocycles. The van der Waals surface area contributed by atoms with Gasteiger partial charge in [-0.05, 0) is 33.4 Å². The minimum Gasteiger partial charge on any atom is -0.327 e. The predicted octanol–water partition coefficient (Wildman–Crippen LogP) is 1.45. The van der Waals surface area contributed by atoms with Crippen molar-refractivity contribution in [2.24, 2.45) is 5.73 Å². The van der Waals surface area contributed by atoms with Crippen molar-refractivity contribution in [2.75, 3.05) is 13.1 Å². The molecule has 11 heavy (non-hydrogen) atoms. The molecule has 0 saturated carbocycles. The molecule has 0 aromatic heterocycles. The number of hydrogen-bond donors (Lipinski definition) is 1. The molecule has 0 aliphatic rings. The van der Waals surface area contributed by atoms with E-state index in [-0.39, 0.29) is 6.04 Å². The van der Waals surface area contributed by atoms with Gasteiger partial charge in [0.25, 0.3) is 0 Å².